The maximum absolute atomic E-state index is 12.6. The molecular weight excluding hydrogens is 265 g/mol. The fourth-order valence-electron chi connectivity index (χ4n) is 1.25. The van der Waals surface area contributed by atoms with Crippen LogP contribution in [0.4, 0.5) is 13.2 Å². The summed E-state index contributed by atoms with van der Waals surface area (Å²) in [6.45, 7) is 0. The summed E-state index contributed by atoms with van der Waals surface area (Å²) in [4.78, 5) is 0. The van der Waals surface area contributed by atoms with E-state index in [1.54, 1.807) is 30.3 Å². The largest absolute Gasteiger partial charge is 0.453 e. The zero-order valence-electron chi connectivity index (χ0n) is 8.85. The van der Waals surface area contributed by atoms with Gasteiger partial charge in [0.2, 0.25) is 4.77 Å². The Kier molecular flexibility index (Phi) is 3.28. The Morgan fingerprint density at radius 2 is 1.94 bits per heavy atom. The molecule has 1 aromatic heterocycles. The first-order valence-electron chi connectivity index (χ1n) is 4.82. The lowest BCUT2D eigenvalue weighted by atomic mass is 10.2. The van der Waals surface area contributed by atoms with Gasteiger partial charge in [0.15, 0.2) is 0 Å². The molecule has 1 heterocycles. The van der Waals surface area contributed by atoms with Crippen LogP contribution in [0.5, 0.6) is 0 Å². The second-order valence-electron chi connectivity index (χ2n) is 3.32. The average Bonchev–Trinajstić information content (AvgIpc) is 2.69. The lowest BCUT2D eigenvalue weighted by Gasteiger charge is -2.03. The number of nitrogens with zero attached hydrogens (tertiary/aromatic N) is 3. The molecule has 1 aromatic carbocycles. The van der Waals surface area contributed by atoms with Gasteiger partial charge >= 0.3 is 6.18 Å². The molecule has 0 fully saturated rings. The molecule has 0 amide bonds. The van der Waals surface area contributed by atoms with Crippen LogP contribution in [0.1, 0.15) is 11.4 Å². The summed E-state index contributed by atoms with van der Waals surface area (Å²) in [6, 6.07) is 8.71. The summed E-state index contributed by atoms with van der Waals surface area (Å²) in [7, 11) is 0. The molecule has 0 spiro atoms. The number of hydrogen-bond acceptors (Lipinski definition) is 3. The number of hydrogen-bond donors (Lipinski definition) is 1. The van der Waals surface area contributed by atoms with E-state index in [0.29, 0.717) is 10.2 Å². The van der Waals surface area contributed by atoms with Crippen LogP contribution in [0, 0.1) is 4.77 Å². The number of H-pyrrole nitrogens is 1. The van der Waals surface area contributed by atoms with Gasteiger partial charge in [-0.15, -0.1) is 5.10 Å². The van der Waals surface area contributed by atoms with Gasteiger partial charge in [0.25, 0.3) is 5.82 Å². The van der Waals surface area contributed by atoms with Crippen molar-refractivity contribution < 1.29 is 13.2 Å². The van der Waals surface area contributed by atoms with E-state index in [0.717, 1.165) is 0 Å². The Morgan fingerprint density at radius 3 is 2.56 bits per heavy atom. The first-order valence-corrected chi connectivity index (χ1v) is 5.23. The minimum absolute atomic E-state index is 0.213. The number of alkyl halides is 3. The molecule has 0 aliphatic heterocycles. The molecule has 0 radical (unpaired) electrons. The van der Waals surface area contributed by atoms with Crippen molar-refractivity contribution in [1.29, 1.82) is 0 Å². The molecule has 0 bridgehead atoms. The Bertz CT molecular complexity index is 612. The fraction of sp³-hybridized carbons (Fsp3) is 0.100. The monoisotopic (exact) mass is 272 g/mol. The molecule has 8 heteroatoms. The zero-order chi connectivity index (χ0) is 13.2. The fourth-order valence-corrected chi connectivity index (χ4v) is 1.43. The topological polar surface area (TPSA) is 46.0 Å². The lowest BCUT2D eigenvalue weighted by molar-refractivity contribution is -0.147. The van der Waals surface area contributed by atoms with Gasteiger partial charge in [0, 0.05) is 0 Å². The maximum atomic E-state index is 12.6. The van der Waals surface area contributed by atoms with Crippen molar-refractivity contribution in [2.75, 3.05) is 0 Å². The van der Waals surface area contributed by atoms with Crippen molar-refractivity contribution in [3.05, 3.63) is 46.5 Å². The first kappa shape index (κ1) is 12.5. The number of aromatic amines is 1. The summed E-state index contributed by atoms with van der Waals surface area (Å²) >= 11 is 4.69. The van der Waals surface area contributed by atoms with Crippen LogP contribution < -0.4 is 0 Å². The number of rotatable bonds is 2. The van der Waals surface area contributed by atoms with Crippen LogP contribution in [0.3, 0.4) is 0 Å². The van der Waals surface area contributed by atoms with Gasteiger partial charge in [-0.3, -0.25) is 0 Å². The highest BCUT2D eigenvalue weighted by atomic mass is 32.1. The summed E-state index contributed by atoms with van der Waals surface area (Å²) < 4.78 is 38.0. The molecule has 0 atom stereocenters. The van der Waals surface area contributed by atoms with Gasteiger partial charge in [0.1, 0.15) is 0 Å². The van der Waals surface area contributed by atoms with E-state index in [9.17, 15) is 13.2 Å². The molecule has 2 aromatic rings. The lowest BCUT2D eigenvalue weighted by Crippen LogP contribution is -2.12. The molecule has 0 saturated carbocycles. The number of nitrogens with one attached hydrogen (secondary N) is 1. The SMILES string of the molecule is FC(F)(F)c1n[nH]c(=S)n1N=Cc1ccccc1. The Balaban J connectivity index is 2.38. The second-order valence-corrected chi connectivity index (χ2v) is 3.70. The summed E-state index contributed by atoms with van der Waals surface area (Å²) in [5.74, 6) is -1.18. The van der Waals surface area contributed by atoms with Crippen molar-refractivity contribution in [3.8, 4) is 0 Å². The Labute approximate surface area is 105 Å². The van der Waals surface area contributed by atoms with E-state index in [1.165, 1.54) is 6.21 Å². The van der Waals surface area contributed by atoms with Crippen molar-refractivity contribution >= 4 is 18.4 Å². The van der Waals surface area contributed by atoms with Crippen LogP contribution in [-0.2, 0) is 6.18 Å². The average molecular weight is 272 g/mol. The first-order chi connectivity index (χ1) is 8.48. The van der Waals surface area contributed by atoms with Crippen LogP contribution in [0.25, 0.3) is 0 Å². The van der Waals surface area contributed by atoms with Crippen LogP contribution in [-0.4, -0.2) is 21.1 Å². The molecule has 0 aliphatic rings. The Hall–Kier alpha value is -1.96. The normalized spacial score (nSPS) is 12.2. The third-order valence-electron chi connectivity index (χ3n) is 2.03. The summed E-state index contributed by atoms with van der Waals surface area (Å²) in [5.41, 5.74) is 0.661. The smallest absolute Gasteiger partial charge is 0.250 e. The number of aromatic nitrogens is 3. The summed E-state index contributed by atoms with van der Waals surface area (Å²) in [5, 5.41) is 8.84. The molecule has 0 aliphatic carbocycles. The predicted molar refractivity (Wildman–Crippen MR) is 61.8 cm³/mol. The van der Waals surface area contributed by atoms with Gasteiger partial charge in [-0.2, -0.15) is 22.9 Å². The molecule has 0 saturated heterocycles. The minimum Gasteiger partial charge on any atom is -0.250 e. The highest BCUT2D eigenvalue weighted by Crippen LogP contribution is 2.27. The molecule has 1 N–H and O–H groups in total. The van der Waals surface area contributed by atoms with Gasteiger partial charge in [-0.1, -0.05) is 30.3 Å². The minimum atomic E-state index is -4.61. The third kappa shape index (κ3) is 2.65. The molecule has 4 nitrogen and oxygen atoms in total. The van der Waals surface area contributed by atoms with Crippen LogP contribution in [0.15, 0.2) is 35.4 Å². The molecule has 0 unspecified atom stereocenters. The molecule has 18 heavy (non-hydrogen) atoms. The van der Waals surface area contributed by atoms with E-state index in [1.807, 2.05) is 0 Å². The quantitative estimate of drug-likeness (QED) is 0.675. The van der Waals surface area contributed by atoms with Gasteiger partial charge in [-0.05, 0) is 17.8 Å². The van der Waals surface area contributed by atoms with E-state index >= 15 is 0 Å². The molecular formula is C10H7F3N4S. The highest BCUT2D eigenvalue weighted by molar-refractivity contribution is 7.71. The van der Waals surface area contributed by atoms with Crippen molar-refractivity contribution in [2.24, 2.45) is 5.10 Å². The zero-order valence-corrected chi connectivity index (χ0v) is 9.66. The Morgan fingerprint density at radius 1 is 1.28 bits per heavy atom. The van der Waals surface area contributed by atoms with Crippen molar-refractivity contribution in [2.45, 2.75) is 6.18 Å². The number of benzene rings is 1. The second kappa shape index (κ2) is 4.73. The van der Waals surface area contributed by atoms with E-state index in [-0.39, 0.29) is 4.77 Å². The van der Waals surface area contributed by atoms with E-state index in [2.05, 4.69) is 27.5 Å². The highest BCUT2D eigenvalue weighted by Gasteiger charge is 2.37. The van der Waals surface area contributed by atoms with Gasteiger partial charge < -0.3 is 0 Å². The maximum Gasteiger partial charge on any atom is 0.453 e. The van der Waals surface area contributed by atoms with E-state index in [4.69, 9.17) is 0 Å². The van der Waals surface area contributed by atoms with Gasteiger partial charge in [0.05, 0.1) is 6.21 Å². The standard InChI is InChI=1S/C10H7F3N4S/c11-10(12,13)8-15-16-9(18)17(8)14-6-7-4-2-1-3-5-7/h1-6H,(H,16,18). The van der Waals surface area contributed by atoms with Crippen molar-refractivity contribution in [3.63, 3.8) is 0 Å². The molecule has 94 valence electrons. The number of halogens is 3. The molecule has 2 rings (SSSR count). The predicted octanol–water partition coefficient (Wildman–Crippen LogP) is 2.84. The van der Waals surface area contributed by atoms with Gasteiger partial charge in [-0.25, -0.2) is 5.10 Å². The van der Waals surface area contributed by atoms with Crippen LogP contribution in [0.2, 0.25) is 0 Å². The van der Waals surface area contributed by atoms with Crippen molar-refractivity contribution in [1.82, 2.24) is 14.9 Å². The van der Waals surface area contributed by atoms with E-state index < -0.39 is 12.0 Å². The summed E-state index contributed by atoms with van der Waals surface area (Å²) in [6.07, 6.45) is -3.33. The van der Waals surface area contributed by atoms with Crippen LogP contribution >= 0.6 is 12.2 Å². The third-order valence-corrected chi connectivity index (χ3v) is 2.29.